The highest BCUT2D eigenvalue weighted by molar-refractivity contribution is 7.89. The van der Waals surface area contributed by atoms with Crippen LogP contribution in [-0.4, -0.2) is 48.7 Å². The van der Waals surface area contributed by atoms with E-state index in [1.807, 2.05) is 13.8 Å². The molecule has 2 heterocycles. The summed E-state index contributed by atoms with van der Waals surface area (Å²) in [6.07, 6.45) is 2.60. The smallest absolute Gasteiger partial charge is 0.248 e. The van der Waals surface area contributed by atoms with Gasteiger partial charge in [0.1, 0.15) is 11.9 Å². The van der Waals surface area contributed by atoms with Crippen LogP contribution in [-0.2, 0) is 19.6 Å². The summed E-state index contributed by atoms with van der Waals surface area (Å²) in [7, 11) is -3.84. The minimum Gasteiger partial charge on any atom is -0.344 e. The number of rotatable bonds is 7. The number of amides is 2. The molecule has 2 N–H and O–H groups in total. The Morgan fingerprint density at radius 1 is 1.26 bits per heavy atom. The number of nitrogens with zero attached hydrogens (tertiary/aromatic N) is 2. The lowest BCUT2D eigenvalue weighted by Crippen LogP contribution is -2.52. The molecule has 11 heteroatoms. The van der Waals surface area contributed by atoms with Crippen molar-refractivity contribution in [3.63, 3.8) is 0 Å². The quantitative estimate of drug-likeness (QED) is 0.649. The number of carbonyl (C=O) groups excluding carboxylic acids is 2. The number of nitrogens with one attached hydrogen (secondary N) is 2. The maximum absolute atomic E-state index is 13.2. The molecule has 1 saturated heterocycles. The topological polar surface area (TPSA) is 108 Å². The summed E-state index contributed by atoms with van der Waals surface area (Å²) in [5.41, 5.74) is 0. The third kappa shape index (κ3) is 5.66. The van der Waals surface area contributed by atoms with Crippen molar-refractivity contribution in [1.82, 2.24) is 14.6 Å². The average molecular weight is 469 g/mol. The number of sulfonamides is 1. The normalized spacial score (nSPS) is 18.5. The Bertz CT molecular complexity index is 1010. The summed E-state index contributed by atoms with van der Waals surface area (Å²) in [4.78, 5) is 29.5. The van der Waals surface area contributed by atoms with Gasteiger partial charge in [0.15, 0.2) is 5.13 Å². The SMILES string of the molecule is CC(C)[C@H](NC(=O)C1CCCN(S(=O)(=O)c2ccc(F)cc2)C1)C(=O)Nc1nccs1. The molecule has 0 spiro atoms. The molecule has 2 amide bonds. The molecule has 1 aliphatic rings. The molecule has 31 heavy (non-hydrogen) atoms. The summed E-state index contributed by atoms with van der Waals surface area (Å²) in [6.45, 7) is 3.92. The van der Waals surface area contributed by atoms with Crippen molar-refractivity contribution in [2.24, 2.45) is 11.8 Å². The number of thiazole rings is 1. The molecule has 1 unspecified atom stereocenters. The van der Waals surface area contributed by atoms with E-state index in [0.29, 0.717) is 18.0 Å². The summed E-state index contributed by atoms with van der Waals surface area (Å²) in [5.74, 6) is -2.02. The molecule has 1 fully saturated rings. The summed E-state index contributed by atoms with van der Waals surface area (Å²) < 4.78 is 40.2. The first-order valence-electron chi connectivity index (χ1n) is 9.95. The molecule has 1 aliphatic heterocycles. The molecular weight excluding hydrogens is 443 g/mol. The Morgan fingerprint density at radius 3 is 2.58 bits per heavy atom. The Labute approximate surface area is 184 Å². The van der Waals surface area contributed by atoms with E-state index in [-0.39, 0.29) is 35.7 Å². The van der Waals surface area contributed by atoms with E-state index in [9.17, 15) is 22.4 Å². The molecular formula is C20H25FN4O4S2. The van der Waals surface area contributed by atoms with E-state index < -0.39 is 27.8 Å². The van der Waals surface area contributed by atoms with E-state index in [4.69, 9.17) is 0 Å². The number of hydrogen-bond donors (Lipinski definition) is 2. The van der Waals surface area contributed by atoms with Gasteiger partial charge < -0.3 is 10.6 Å². The summed E-state index contributed by atoms with van der Waals surface area (Å²) in [5, 5.41) is 7.64. The molecule has 0 aliphatic carbocycles. The van der Waals surface area contributed by atoms with Crippen LogP contribution in [0.3, 0.4) is 0 Å². The highest BCUT2D eigenvalue weighted by Crippen LogP contribution is 2.24. The van der Waals surface area contributed by atoms with Gasteiger partial charge in [-0.15, -0.1) is 11.3 Å². The lowest BCUT2D eigenvalue weighted by molar-refractivity contribution is -0.130. The van der Waals surface area contributed by atoms with E-state index >= 15 is 0 Å². The van der Waals surface area contributed by atoms with Crippen LogP contribution in [0.1, 0.15) is 26.7 Å². The highest BCUT2D eigenvalue weighted by atomic mass is 32.2. The van der Waals surface area contributed by atoms with Crippen LogP contribution in [0.4, 0.5) is 9.52 Å². The third-order valence-corrected chi connectivity index (χ3v) is 7.68. The van der Waals surface area contributed by atoms with Crippen LogP contribution in [0, 0.1) is 17.7 Å². The monoisotopic (exact) mass is 468 g/mol. The van der Waals surface area contributed by atoms with Crippen LogP contribution in [0.15, 0.2) is 40.7 Å². The number of anilines is 1. The summed E-state index contributed by atoms with van der Waals surface area (Å²) in [6, 6.07) is 3.84. The number of aromatic nitrogens is 1. The van der Waals surface area contributed by atoms with Gasteiger partial charge in [-0.25, -0.2) is 17.8 Å². The van der Waals surface area contributed by atoms with Crippen molar-refractivity contribution in [3.05, 3.63) is 41.7 Å². The van der Waals surface area contributed by atoms with Crippen LogP contribution in [0.2, 0.25) is 0 Å². The maximum atomic E-state index is 13.2. The molecule has 8 nitrogen and oxygen atoms in total. The predicted octanol–water partition coefficient (Wildman–Crippen LogP) is 2.46. The van der Waals surface area contributed by atoms with Gasteiger partial charge in [-0.05, 0) is 43.0 Å². The fourth-order valence-corrected chi connectivity index (χ4v) is 5.46. The van der Waals surface area contributed by atoms with Crippen molar-refractivity contribution in [1.29, 1.82) is 0 Å². The number of halogens is 1. The van der Waals surface area contributed by atoms with Crippen molar-refractivity contribution >= 4 is 38.3 Å². The van der Waals surface area contributed by atoms with Crippen LogP contribution >= 0.6 is 11.3 Å². The number of piperidine rings is 1. The molecule has 3 rings (SSSR count). The molecule has 1 aromatic carbocycles. The van der Waals surface area contributed by atoms with Crippen LogP contribution in [0.25, 0.3) is 0 Å². The average Bonchev–Trinajstić information content (AvgIpc) is 3.25. The fraction of sp³-hybridized carbons (Fsp3) is 0.450. The van der Waals surface area contributed by atoms with E-state index in [1.165, 1.54) is 27.8 Å². The lowest BCUT2D eigenvalue weighted by Gasteiger charge is -2.32. The van der Waals surface area contributed by atoms with Gasteiger partial charge in [0, 0.05) is 24.7 Å². The Hall–Kier alpha value is -2.37. The molecule has 2 aromatic rings. The molecule has 2 atom stereocenters. The van der Waals surface area contributed by atoms with Crippen molar-refractivity contribution in [3.8, 4) is 0 Å². The Balaban J connectivity index is 1.67. The maximum Gasteiger partial charge on any atom is 0.248 e. The first-order valence-corrected chi connectivity index (χ1v) is 12.3. The highest BCUT2D eigenvalue weighted by Gasteiger charge is 2.35. The van der Waals surface area contributed by atoms with E-state index in [0.717, 1.165) is 12.1 Å². The number of hydrogen-bond acceptors (Lipinski definition) is 6. The second kappa shape index (κ2) is 9.84. The van der Waals surface area contributed by atoms with Crippen LogP contribution < -0.4 is 10.6 Å². The first-order chi connectivity index (χ1) is 14.7. The van der Waals surface area contributed by atoms with Gasteiger partial charge >= 0.3 is 0 Å². The zero-order valence-corrected chi connectivity index (χ0v) is 18.9. The second-order valence-electron chi connectivity index (χ2n) is 7.71. The van der Waals surface area contributed by atoms with E-state index in [2.05, 4.69) is 15.6 Å². The van der Waals surface area contributed by atoms with Crippen molar-refractivity contribution in [2.75, 3.05) is 18.4 Å². The van der Waals surface area contributed by atoms with Gasteiger partial charge in [-0.3, -0.25) is 9.59 Å². The van der Waals surface area contributed by atoms with Crippen molar-refractivity contribution in [2.45, 2.75) is 37.6 Å². The second-order valence-corrected chi connectivity index (χ2v) is 10.5. The Morgan fingerprint density at radius 2 is 1.97 bits per heavy atom. The minimum absolute atomic E-state index is 0.00442. The van der Waals surface area contributed by atoms with Gasteiger partial charge in [-0.1, -0.05) is 13.8 Å². The van der Waals surface area contributed by atoms with E-state index in [1.54, 1.807) is 11.6 Å². The molecule has 1 aromatic heterocycles. The summed E-state index contributed by atoms with van der Waals surface area (Å²) >= 11 is 1.28. The van der Waals surface area contributed by atoms with Crippen molar-refractivity contribution < 1.29 is 22.4 Å². The van der Waals surface area contributed by atoms with Crippen LogP contribution in [0.5, 0.6) is 0 Å². The zero-order chi connectivity index (χ0) is 22.6. The molecule has 0 radical (unpaired) electrons. The van der Waals surface area contributed by atoms with Gasteiger partial charge in [0.05, 0.1) is 10.8 Å². The van der Waals surface area contributed by atoms with Gasteiger partial charge in [-0.2, -0.15) is 4.31 Å². The standard InChI is InChI=1S/C20H25FN4O4S2/c1-13(2)17(19(27)24-20-22-9-11-30-20)23-18(26)14-4-3-10-25(12-14)31(28,29)16-7-5-15(21)6-8-16/h5-9,11,13-14,17H,3-4,10,12H2,1-2H3,(H,23,26)(H,22,24,27)/t14?,17-/m0/s1. The minimum atomic E-state index is -3.84. The molecule has 0 bridgehead atoms. The number of benzene rings is 1. The largest absolute Gasteiger partial charge is 0.344 e. The lowest BCUT2D eigenvalue weighted by atomic mass is 9.96. The fourth-order valence-electron chi connectivity index (χ4n) is 3.40. The first kappa shape index (κ1) is 23.3. The number of carbonyl (C=O) groups is 2. The molecule has 0 saturated carbocycles. The zero-order valence-electron chi connectivity index (χ0n) is 17.2. The predicted molar refractivity (Wildman–Crippen MR) is 115 cm³/mol. The van der Waals surface area contributed by atoms with Gasteiger partial charge in [0.25, 0.3) is 0 Å². The third-order valence-electron chi connectivity index (χ3n) is 5.12. The Kier molecular flexibility index (Phi) is 7.39. The van der Waals surface area contributed by atoms with Gasteiger partial charge in [0.2, 0.25) is 21.8 Å². The molecule has 168 valence electrons.